The molecule has 8 nitrogen and oxygen atoms in total. The zero-order chi connectivity index (χ0) is 25.8. The van der Waals surface area contributed by atoms with Crippen molar-refractivity contribution in [1.82, 2.24) is 0 Å². The minimum atomic E-state index is -5.28. The van der Waals surface area contributed by atoms with E-state index in [0.29, 0.717) is 13.4 Å². The largest absolute Gasteiger partial charge is 0.508 e. The summed E-state index contributed by atoms with van der Waals surface area (Å²) in [5, 5.41) is 29.2. The van der Waals surface area contributed by atoms with E-state index in [4.69, 9.17) is 14.2 Å². The first-order valence-electron chi connectivity index (χ1n) is 9.88. The molecule has 0 bridgehead atoms. The van der Waals surface area contributed by atoms with E-state index in [1.165, 1.54) is 30.3 Å². The topological polar surface area (TPSA) is 123 Å². The normalized spacial score (nSPS) is 13.9. The predicted molar refractivity (Wildman–Crippen MR) is 114 cm³/mol. The zero-order valence-electron chi connectivity index (χ0n) is 18.0. The number of carbonyl (C=O) groups is 2. The van der Waals surface area contributed by atoms with Gasteiger partial charge in [0, 0.05) is 24.3 Å². The molecule has 0 aliphatic carbocycles. The lowest BCUT2D eigenvalue weighted by Crippen LogP contribution is -2.52. The van der Waals surface area contributed by atoms with E-state index in [2.05, 4.69) is 0 Å². The minimum Gasteiger partial charge on any atom is -0.508 e. The number of benzene rings is 3. The van der Waals surface area contributed by atoms with Crippen LogP contribution in [0.3, 0.4) is 0 Å². The number of phenols is 3. The van der Waals surface area contributed by atoms with Gasteiger partial charge in [0.2, 0.25) is 0 Å². The van der Waals surface area contributed by atoms with Crippen LogP contribution in [0, 0.1) is 0 Å². The second-order valence-corrected chi connectivity index (χ2v) is 7.19. The van der Waals surface area contributed by atoms with Gasteiger partial charge in [-0.25, -0.2) is 4.79 Å². The molecule has 0 aliphatic heterocycles. The van der Waals surface area contributed by atoms with Crippen molar-refractivity contribution >= 4 is 12.3 Å². The number of phenolic OH excluding ortho intramolecular Hbond substituents is 3. The molecule has 184 valence electrons. The molecule has 0 amide bonds. The Kier molecular flexibility index (Phi) is 7.20. The fraction of sp³-hybridized carbons (Fsp3) is 0.167. The second-order valence-electron chi connectivity index (χ2n) is 7.19. The van der Waals surface area contributed by atoms with Crippen molar-refractivity contribution in [2.45, 2.75) is 18.1 Å². The van der Waals surface area contributed by atoms with Crippen LogP contribution in [0.15, 0.2) is 66.7 Å². The molecule has 3 N–H and O–H groups in total. The molecule has 3 rings (SSSR count). The van der Waals surface area contributed by atoms with Gasteiger partial charge in [-0.2, -0.15) is 13.2 Å². The number of alkyl halides is 3. The Morgan fingerprint density at radius 3 is 2.20 bits per heavy atom. The zero-order valence-corrected chi connectivity index (χ0v) is 18.0. The van der Waals surface area contributed by atoms with Gasteiger partial charge in [-0.15, -0.1) is 0 Å². The summed E-state index contributed by atoms with van der Waals surface area (Å²) >= 11 is 0. The number of ether oxygens (including phenoxy) is 3. The van der Waals surface area contributed by atoms with Crippen molar-refractivity contribution in [2.24, 2.45) is 0 Å². The average molecular weight is 492 g/mol. The standard InChI is InChI=1S/C24H19F3O8/c1-33-23(24(25,26)27,16-5-3-2-4-6-16)22(32)35-21(14-8-10-18(30)19(31)11-14)34-20-12-17(29)9-7-15(20)13-28/h2-13,21,29-31H,1H3/t21-,23+/m1/s1. The van der Waals surface area contributed by atoms with E-state index < -0.39 is 41.1 Å². The van der Waals surface area contributed by atoms with Crippen molar-refractivity contribution in [3.63, 3.8) is 0 Å². The monoisotopic (exact) mass is 492 g/mol. The van der Waals surface area contributed by atoms with E-state index in [-0.39, 0.29) is 22.6 Å². The quantitative estimate of drug-likeness (QED) is 0.184. The number of esters is 1. The summed E-state index contributed by atoms with van der Waals surface area (Å²) in [5.74, 6) is -3.84. The maximum atomic E-state index is 14.3. The van der Waals surface area contributed by atoms with Crippen LogP contribution >= 0.6 is 0 Å². The van der Waals surface area contributed by atoms with Gasteiger partial charge in [0.15, 0.2) is 17.8 Å². The van der Waals surface area contributed by atoms with Crippen LogP contribution < -0.4 is 4.74 Å². The van der Waals surface area contributed by atoms with Crippen LogP contribution in [0.2, 0.25) is 0 Å². The first-order chi connectivity index (χ1) is 16.5. The number of hydrogen-bond donors (Lipinski definition) is 3. The molecule has 0 unspecified atom stereocenters. The summed E-state index contributed by atoms with van der Waals surface area (Å²) in [6, 6.07) is 12.4. The predicted octanol–water partition coefficient (Wildman–Crippen LogP) is 4.34. The van der Waals surface area contributed by atoms with Gasteiger partial charge in [0.25, 0.3) is 11.9 Å². The van der Waals surface area contributed by atoms with Gasteiger partial charge in [-0.1, -0.05) is 30.3 Å². The molecule has 3 aromatic carbocycles. The van der Waals surface area contributed by atoms with Crippen LogP contribution in [0.5, 0.6) is 23.0 Å². The number of aromatic hydroxyl groups is 3. The van der Waals surface area contributed by atoms with Gasteiger partial charge in [-0.05, 0) is 30.3 Å². The van der Waals surface area contributed by atoms with E-state index >= 15 is 0 Å². The van der Waals surface area contributed by atoms with Crippen LogP contribution in [0.4, 0.5) is 13.2 Å². The summed E-state index contributed by atoms with van der Waals surface area (Å²) in [4.78, 5) is 24.5. The lowest BCUT2D eigenvalue weighted by atomic mass is 9.92. The fourth-order valence-electron chi connectivity index (χ4n) is 3.25. The van der Waals surface area contributed by atoms with Crippen LogP contribution in [-0.4, -0.2) is 40.9 Å². The molecule has 11 heteroatoms. The molecule has 35 heavy (non-hydrogen) atoms. The van der Waals surface area contributed by atoms with E-state index in [0.717, 1.165) is 36.4 Å². The molecule has 0 radical (unpaired) electrons. The highest BCUT2D eigenvalue weighted by Gasteiger charge is 2.64. The van der Waals surface area contributed by atoms with Crippen molar-refractivity contribution in [3.05, 3.63) is 83.4 Å². The highest BCUT2D eigenvalue weighted by atomic mass is 19.4. The molecular formula is C24H19F3O8. The summed E-state index contributed by atoms with van der Waals surface area (Å²) in [7, 11) is 0.684. The molecule has 0 fully saturated rings. The maximum absolute atomic E-state index is 14.3. The van der Waals surface area contributed by atoms with Gasteiger partial charge in [0.1, 0.15) is 11.5 Å². The second kappa shape index (κ2) is 9.94. The third kappa shape index (κ3) is 4.99. The smallest absolute Gasteiger partial charge is 0.432 e. The van der Waals surface area contributed by atoms with Crippen molar-refractivity contribution in [1.29, 1.82) is 0 Å². The molecule has 2 atom stereocenters. The van der Waals surface area contributed by atoms with Crippen LogP contribution in [0.25, 0.3) is 0 Å². The Bertz CT molecular complexity index is 1210. The average Bonchev–Trinajstić information content (AvgIpc) is 2.81. The molecular weight excluding hydrogens is 473 g/mol. The SMILES string of the molecule is CO[C@](C(=O)O[C@@H](Oc1cc(O)ccc1C=O)c1ccc(O)c(O)c1)(c1ccccc1)C(F)(F)F. The summed E-state index contributed by atoms with van der Waals surface area (Å²) in [6.45, 7) is 0. The molecule has 0 spiro atoms. The number of hydrogen-bond acceptors (Lipinski definition) is 8. The lowest BCUT2D eigenvalue weighted by molar-refractivity contribution is -0.282. The van der Waals surface area contributed by atoms with Gasteiger partial charge < -0.3 is 29.5 Å². The number of rotatable bonds is 8. The maximum Gasteiger partial charge on any atom is 0.432 e. The third-order valence-corrected chi connectivity index (χ3v) is 5.02. The Morgan fingerprint density at radius 2 is 1.63 bits per heavy atom. The molecule has 0 heterocycles. The van der Waals surface area contributed by atoms with Crippen LogP contribution in [-0.2, 0) is 19.9 Å². The number of carbonyl (C=O) groups excluding carboxylic acids is 2. The molecule has 3 aromatic rings. The number of aldehydes is 1. The minimum absolute atomic E-state index is 0.122. The first kappa shape index (κ1) is 25.4. The number of halogens is 3. The van der Waals surface area contributed by atoms with Crippen molar-refractivity contribution < 1.29 is 52.3 Å². The fourth-order valence-corrected chi connectivity index (χ4v) is 3.25. The van der Waals surface area contributed by atoms with Crippen LogP contribution in [0.1, 0.15) is 27.8 Å². The summed E-state index contributed by atoms with van der Waals surface area (Å²) < 4.78 is 58.1. The van der Waals surface area contributed by atoms with E-state index in [9.17, 15) is 38.1 Å². The highest BCUT2D eigenvalue weighted by molar-refractivity contribution is 5.83. The van der Waals surface area contributed by atoms with E-state index in [1.807, 2.05) is 0 Å². The van der Waals surface area contributed by atoms with Gasteiger partial charge >= 0.3 is 12.1 Å². The Morgan fingerprint density at radius 1 is 0.943 bits per heavy atom. The summed E-state index contributed by atoms with van der Waals surface area (Å²) in [5.41, 5.74) is -4.45. The molecule has 0 aromatic heterocycles. The summed E-state index contributed by atoms with van der Waals surface area (Å²) in [6.07, 6.45) is -6.91. The third-order valence-electron chi connectivity index (χ3n) is 5.02. The first-order valence-corrected chi connectivity index (χ1v) is 9.88. The van der Waals surface area contributed by atoms with Gasteiger partial charge in [-0.3, -0.25) is 4.79 Å². The molecule has 0 aliphatic rings. The molecule has 0 saturated carbocycles. The van der Waals surface area contributed by atoms with E-state index in [1.54, 1.807) is 0 Å². The Labute approximate surface area is 196 Å². The van der Waals surface area contributed by atoms with Crippen molar-refractivity contribution in [3.8, 4) is 23.0 Å². The molecule has 0 saturated heterocycles. The van der Waals surface area contributed by atoms with Crippen molar-refractivity contribution in [2.75, 3.05) is 7.11 Å². The number of methoxy groups -OCH3 is 1. The lowest BCUT2D eigenvalue weighted by Gasteiger charge is -2.33. The highest BCUT2D eigenvalue weighted by Crippen LogP contribution is 2.44. The Hall–Kier alpha value is -4.25. The Balaban J connectivity index is 2.11. The van der Waals surface area contributed by atoms with Gasteiger partial charge in [0.05, 0.1) is 5.56 Å².